The first-order chi connectivity index (χ1) is 7.54. The van der Waals surface area contributed by atoms with Gasteiger partial charge in [-0.1, -0.05) is 0 Å². The highest BCUT2D eigenvalue weighted by Gasteiger charge is 2.09. The predicted molar refractivity (Wildman–Crippen MR) is 57.0 cm³/mol. The summed E-state index contributed by atoms with van der Waals surface area (Å²) >= 11 is 0. The van der Waals surface area contributed by atoms with Crippen molar-refractivity contribution in [2.45, 2.75) is 13.5 Å². The van der Waals surface area contributed by atoms with Crippen molar-refractivity contribution < 1.29 is 19.4 Å². The highest BCUT2D eigenvalue weighted by molar-refractivity contribution is 5.89. The molecule has 0 saturated heterocycles. The van der Waals surface area contributed by atoms with Gasteiger partial charge < -0.3 is 15.2 Å². The molecule has 5 heteroatoms. The average molecular weight is 223 g/mol. The van der Waals surface area contributed by atoms with Crippen LogP contribution in [-0.4, -0.2) is 24.1 Å². The Morgan fingerprint density at radius 2 is 2.12 bits per heavy atom. The number of ether oxygens (including phenoxy) is 1. The molecule has 16 heavy (non-hydrogen) atoms. The Labute approximate surface area is 93.0 Å². The molecule has 0 spiro atoms. The Morgan fingerprint density at radius 3 is 2.69 bits per heavy atom. The quantitative estimate of drug-likeness (QED) is 0.744. The maximum Gasteiger partial charge on any atom is 0.337 e. The third kappa shape index (κ3) is 2.98. The van der Waals surface area contributed by atoms with Gasteiger partial charge in [0.25, 0.3) is 0 Å². The number of hydrogen-bond donors (Lipinski definition) is 2. The van der Waals surface area contributed by atoms with Crippen molar-refractivity contribution in [2.24, 2.45) is 0 Å². The van der Waals surface area contributed by atoms with E-state index in [1.165, 1.54) is 32.2 Å². The van der Waals surface area contributed by atoms with Crippen LogP contribution in [0.1, 0.15) is 22.8 Å². The molecule has 1 rings (SSSR count). The number of aromatic hydroxyl groups is 1. The standard InChI is InChI=1S/C11H13NO4/c1-7(13)12-6-9-5-8(11(15)16-2)3-4-10(9)14/h3-5,14H,6H2,1-2H3,(H,12,13). The number of benzene rings is 1. The zero-order valence-corrected chi connectivity index (χ0v) is 9.11. The summed E-state index contributed by atoms with van der Waals surface area (Å²) in [7, 11) is 1.28. The van der Waals surface area contributed by atoms with Gasteiger partial charge in [-0.3, -0.25) is 4.79 Å². The predicted octanol–water partition coefficient (Wildman–Crippen LogP) is 0.815. The van der Waals surface area contributed by atoms with Crippen LogP contribution in [0.4, 0.5) is 0 Å². The van der Waals surface area contributed by atoms with Gasteiger partial charge in [0.15, 0.2) is 0 Å². The van der Waals surface area contributed by atoms with Crippen LogP contribution in [0.3, 0.4) is 0 Å². The van der Waals surface area contributed by atoms with Crippen molar-refractivity contribution in [3.05, 3.63) is 29.3 Å². The number of methoxy groups -OCH3 is 1. The van der Waals surface area contributed by atoms with E-state index < -0.39 is 5.97 Å². The molecule has 1 aromatic carbocycles. The van der Waals surface area contributed by atoms with Crippen LogP contribution >= 0.6 is 0 Å². The van der Waals surface area contributed by atoms with Crippen molar-refractivity contribution in [3.63, 3.8) is 0 Å². The van der Waals surface area contributed by atoms with E-state index in [0.717, 1.165) is 0 Å². The van der Waals surface area contributed by atoms with Crippen molar-refractivity contribution in [1.82, 2.24) is 5.32 Å². The largest absolute Gasteiger partial charge is 0.508 e. The molecule has 0 bridgehead atoms. The van der Waals surface area contributed by atoms with E-state index in [-0.39, 0.29) is 18.2 Å². The van der Waals surface area contributed by atoms with Crippen molar-refractivity contribution in [1.29, 1.82) is 0 Å². The van der Waals surface area contributed by atoms with Gasteiger partial charge in [0.05, 0.1) is 12.7 Å². The minimum atomic E-state index is -0.482. The topological polar surface area (TPSA) is 75.6 Å². The number of carbonyl (C=O) groups excluding carboxylic acids is 2. The van der Waals surface area contributed by atoms with Gasteiger partial charge in [-0.15, -0.1) is 0 Å². The average Bonchev–Trinajstić information content (AvgIpc) is 2.26. The summed E-state index contributed by atoms with van der Waals surface area (Å²) < 4.78 is 4.55. The second kappa shape index (κ2) is 5.16. The molecule has 2 N–H and O–H groups in total. The molecule has 1 aromatic rings. The molecular formula is C11H13NO4. The first-order valence-electron chi connectivity index (χ1n) is 4.69. The molecule has 5 nitrogen and oxygen atoms in total. The van der Waals surface area contributed by atoms with Crippen molar-refractivity contribution in [2.75, 3.05) is 7.11 Å². The molecule has 0 unspecified atom stereocenters. The maximum atomic E-state index is 11.2. The molecule has 0 aliphatic rings. The second-order valence-corrected chi connectivity index (χ2v) is 3.24. The summed E-state index contributed by atoms with van der Waals surface area (Å²) in [6.07, 6.45) is 0. The second-order valence-electron chi connectivity index (χ2n) is 3.24. The summed E-state index contributed by atoms with van der Waals surface area (Å²) in [6, 6.07) is 4.33. The van der Waals surface area contributed by atoms with Gasteiger partial charge in [0, 0.05) is 19.0 Å². The fourth-order valence-electron chi connectivity index (χ4n) is 1.19. The smallest absolute Gasteiger partial charge is 0.337 e. The van der Waals surface area contributed by atoms with Crippen molar-refractivity contribution >= 4 is 11.9 Å². The summed E-state index contributed by atoms with van der Waals surface area (Å²) in [5, 5.41) is 12.0. The maximum absolute atomic E-state index is 11.2. The van der Waals surface area contributed by atoms with Crippen LogP contribution in [0, 0.1) is 0 Å². The number of phenolic OH excluding ortho intramolecular Hbond substituents is 1. The van der Waals surface area contributed by atoms with Gasteiger partial charge >= 0.3 is 5.97 Å². The Balaban J connectivity index is 2.90. The summed E-state index contributed by atoms with van der Waals surface area (Å²) in [6.45, 7) is 1.55. The molecule has 0 heterocycles. The van der Waals surface area contributed by atoms with E-state index in [2.05, 4.69) is 10.1 Å². The van der Waals surface area contributed by atoms with Crippen LogP contribution in [0.15, 0.2) is 18.2 Å². The molecule has 0 atom stereocenters. The van der Waals surface area contributed by atoms with Crippen LogP contribution in [0.25, 0.3) is 0 Å². The van der Waals surface area contributed by atoms with Crippen molar-refractivity contribution in [3.8, 4) is 5.75 Å². The fraction of sp³-hybridized carbons (Fsp3) is 0.273. The normalized spacial score (nSPS) is 9.62. The van der Waals surface area contributed by atoms with E-state index in [1.54, 1.807) is 0 Å². The SMILES string of the molecule is COC(=O)c1ccc(O)c(CNC(C)=O)c1. The Kier molecular flexibility index (Phi) is 3.88. The highest BCUT2D eigenvalue weighted by atomic mass is 16.5. The van der Waals surface area contributed by atoms with Gasteiger partial charge in [-0.05, 0) is 18.2 Å². The minimum Gasteiger partial charge on any atom is -0.508 e. The van der Waals surface area contributed by atoms with Gasteiger partial charge in [0.1, 0.15) is 5.75 Å². The zero-order valence-electron chi connectivity index (χ0n) is 9.11. The highest BCUT2D eigenvalue weighted by Crippen LogP contribution is 2.18. The van der Waals surface area contributed by atoms with E-state index >= 15 is 0 Å². The van der Waals surface area contributed by atoms with E-state index in [1.807, 2.05) is 0 Å². The molecule has 0 fully saturated rings. The Bertz CT molecular complexity index is 414. The molecule has 86 valence electrons. The lowest BCUT2D eigenvalue weighted by Gasteiger charge is -2.07. The lowest BCUT2D eigenvalue weighted by molar-refractivity contribution is -0.119. The number of nitrogens with one attached hydrogen (secondary N) is 1. The van der Waals surface area contributed by atoms with Crippen LogP contribution in [0.5, 0.6) is 5.75 Å². The molecule has 0 saturated carbocycles. The molecule has 0 radical (unpaired) electrons. The Morgan fingerprint density at radius 1 is 1.44 bits per heavy atom. The number of esters is 1. The first kappa shape index (κ1) is 12.0. The minimum absolute atomic E-state index is 0.0291. The van der Waals surface area contributed by atoms with Gasteiger partial charge in [-0.2, -0.15) is 0 Å². The van der Waals surface area contributed by atoms with Gasteiger partial charge in [0.2, 0.25) is 5.91 Å². The number of rotatable bonds is 3. The molecule has 0 aliphatic heterocycles. The fourth-order valence-corrected chi connectivity index (χ4v) is 1.19. The molecule has 0 aromatic heterocycles. The number of hydrogen-bond acceptors (Lipinski definition) is 4. The first-order valence-corrected chi connectivity index (χ1v) is 4.69. The van der Waals surface area contributed by atoms with Crippen LogP contribution < -0.4 is 5.32 Å². The lowest BCUT2D eigenvalue weighted by atomic mass is 10.1. The third-order valence-electron chi connectivity index (χ3n) is 2.03. The number of carbonyl (C=O) groups is 2. The summed E-state index contributed by atoms with van der Waals surface area (Å²) in [4.78, 5) is 21.9. The summed E-state index contributed by atoms with van der Waals surface area (Å²) in [5.41, 5.74) is 0.804. The van der Waals surface area contributed by atoms with Crippen LogP contribution in [0.2, 0.25) is 0 Å². The van der Waals surface area contributed by atoms with Gasteiger partial charge in [-0.25, -0.2) is 4.79 Å². The van der Waals surface area contributed by atoms with E-state index in [0.29, 0.717) is 11.1 Å². The molecular weight excluding hydrogens is 210 g/mol. The third-order valence-corrected chi connectivity index (χ3v) is 2.03. The Hall–Kier alpha value is -2.04. The molecule has 1 amide bonds. The summed E-state index contributed by atoms with van der Waals surface area (Å²) in [5.74, 6) is -0.659. The van der Waals surface area contributed by atoms with E-state index in [4.69, 9.17) is 0 Å². The zero-order chi connectivity index (χ0) is 12.1. The van der Waals surface area contributed by atoms with E-state index in [9.17, 15) is 14.7 Å². The number of phenols is 1. The lowest BCUT2D eigenvalue weighted by Crippen LogP contribution is -2.19. The number of amides is 1. The van der Waals surface area contributed by atoms with Crippen LogP contribution in [-0.2, 0) is 16.1 Å². The molecule has 0 aliphatic carbocycles. The monoisotopic (exact) mass is 223 g/mol.